The molecule has 0 bridgehead atoms. The van der Waals surface area contributed by atoms with Gasteiger partial charge in [0, 0.05) is 13.1 Å². The van der Waals surface area contributed by atoms with Gasteiger partial charge in [-0.2, -0.15) is 4.31 Å². The molecular formula is C12H18FNO2S. The molecule has 1 aromatic rings. The molecule has 0 spiro atoms. The van der Waals surface area contributed by atoms with Crippen LogP contribution in [0.5, 0.6) is 0 Å². The van der Waals surface area contributed by atoms with Crippen LogP contribution in [0.2, 0.25) is 0 Å². The molecule has 3 nitrogen and oxygen atoms in total. The fourth-order valence-electron chi connectivity index (χ4n) is 1.56. The molecule has 0 heterocycles. The minimum absolute atomic E-state index is 0.140. The molecule has 0 aliphatic heterocycles. The summed E-state index contributed by atoms with van der Waals surface area (Å²) in [5, 5.41) is 0. The zero-order valence-electron chi connectivity index (χ0n) is 10.4. The lowest BCUT2D eigenvalue weighted by Crippen LogP contribution is -2.34. The highest BCUT2D eigenvalue weighted by Gasteiger charge is 2.23. The van der Waals surface area contributed by atoms with Crippen molar-refractivity contribution in [1.82, 2.24) is 4.31 Å². The van der Waals surface area contributed by atoms with Gasteiger partial charge in [0.25, 0.3) is 0 Å². The summed E-state index contributed by atoms with van der Waals surface area (Å²) >= 11 is 0. The lowest BCUT2D eigenvalue weighted by atomic mass is 10.2. The summed E-state index contributed by atoms with van der Waals surface area (Å²) in [6.45, 7) is 6.60. The molecule has 0 atom stereocenters. The third-order valence-electron chi connectivity index (χ3n) is 2.37. The largest absolute Gasteiger partial charge is 0.243 e. The number of benzene rings is 1. The molecule has 17 heavy (non-hydrogen) atoms. The van der Waals surface area contributed by atoms with Gasteiger partial charge in [-0.1, -0.05) is 20.8 Å². The van der Waals surface area contributed by atoms with Crippen molar-refractivity contribution < 1.29 is 12.8 Å². The lowest BCUT2D eigenvalue weighted by Gasteiger charge is -2.22. The Bertz CT molecular complexity index is 454. The van der Waals surface area contributed by atoms with Gasteiger partial charge in [0.1, 0.15) is 5.82 Å². The van der Waals surface area contributed by atoms with E-state index in [9.17, 15) is 12.8 Å². The summed E-state index contributed by atoms with van der Waals surface area (Å²) in [6.07, 6.45) is 0. The molecular weight excluding hydrogens is 241 g/mol. The predicted octanol–water partition coefficient (Wildman–Crippen LogP) is 2.49. The van der Waals surface area contributed by atoms with Crippen molar-refractivity contribution in [2.75, 3.05) is 13.1 Å². The number of halogens is 1. The highest BCUT2D eigenvalue weighted by atomic mass is 32.2. The molecule has 0 aliphatic carbocycles. The highest BCUT2D eigenvalue weighted by molar-refractivity contribution is 7.89. The molecule has 0 radical (unpaired) electrons. The summed E-state index contributed by atoms with van der Waals surface area (Å²) < 4.78 is 38.6. The predicted molar refractivity (Wildman–Crippen MR) is 65.7 cm³/mol. The number of sulfonamides is 1. The van der Waals surface area contributed by atoms with Crippen molar-refractivity contribution in [3.8, 4) is 0 Å². The van der Waals surface area contributed by atoms with Crippen molar-refractivity contribution in [3.05, 3.63) is 30.1 Å². The van der Waals surface area contributed by atoms with Crippen LogP contribution in [0.3, 0.4) is 0 Å². The van der Waals surface area contributed by atoms with Crippen LogP contribution in [-0.2, 0) is 10.0 Å². The van der Waals surface area contributed by atoms with Crippen molar-refractivity contribution in [2.24, 2.45) is 5.92 Å². The standard InChI is InChI=1S/C12H18FNO2S/c1-4-14(9-10(2)3)17(15,16)12-7-5-11(13)6-8-12/h5-8,10H,4,9H2,1-3H3. The number of rotatable bonds is 5. The van der Waals surface area contributed by atoms with E-state index < -0.39 is 15.8 Å². The van der Waals surface area contributed by atoms with Gasteiger partial charge in [-0.25, -0.2) is 12.8 Å². The maximum Gasteiger partial charge on any atom is 0.243 e. The zero-order valence-corrected chi connectivity index (χ0v) is 11.2. The van der Waals surface area contributed by atoms with E-state index >= 15 is 0 Å². The van der Waals surface area contributed by atoms with E-state index in [2.05, 4.69) is 0 Å². The second-order valence-electron chi connectivity index (χ2n) is 4.30. The van der Waals surface area contributed by atoms with E-state index in [1.54, 1.807) is 6.92 Å². The average molecular weight is 259 g/mol. The van der Waals surface area contributed by atoms with Crippen LogP contribution >= 0.6 is 0 Å². The normalized spacial score (nSPS) is 12.4. The van der Waals surface area contributed by atoms with E-state index in [1.807, 2.05) is 13.8 Å². The van der Waals surface area contributed by atoms with Gasteiger partial charge in [0.2, 0.25) is 10.0 Å². The van der Waals surface area contributed by atoms with Gasteiger partial charge >= 0.3 is 0 Å². The number of hydrogen-bond acceptors (Lipinski definition) is 2. The summed E-state index contributed by atoms with van der Waals surface area (Å²) in [4.78, 5) is 0.140. The maximum atomic E-state index is 12.8. The molecule has 0 saturated heterocycles. The summed E-state index contributed by atoms with van der Waals surface area (Å²) in [5.41, 5.74) is 0. The Labute approximate surface area is 102 Å². The molecule has 5 heteroatoms. The van der Waals surface area contributed by atoms with Crippen LogP contribution in [0.1, 0.15) is 20.8 Å². The summed E-state index contributed by atoms with van der Waals surface area (Å²) in [5.74, 6) is -0.180. The van der Waals surface area contributed by atoms with Crippen LogP contribution in [0, 0.1) is 11.7 Å². The number of hydrogen-bond donors (Lipinski definition) is 0. The van der Waals surface area contributed by atoms with Gasteiger partial charge < -0.3 is 0 Å². The minimum atomic E-state index is -3.50. The fraction of sp³-hybridized carbons (Fsp3) is 0.500. The highest BCUT2D eigenvalue weighted by Crippen LogP contribution is 2.17. The second-order valence-corrected chi connectivity index (χ2v) is 6.24. The lowest BCUT2D eigenvalue weighted by molar-refractivity contribution is 0.381. The molecule has 0 fully saturated rings. The Morgan fingerprint density at radius 2 is 1.76 bits per heavy atom. The first-order valence-electron chi connectivity index (χ1n) is 5.63. The summed E-state index contributed by atoms with van der Waals surface area (Å²) in [7, 11) is -3.50. The third kappa shape index (κ3) is 3.51. The number of nitrogens with zero attached hydrogens (tertiary/aromatic N) is 1. The molecule has 0 saturated carbocycles. The van der Waals surface area contributed by atoms with Crippen molar-refractivity contribution in [2.45, 2.75) is 25.7 Å². The Morgan fingerprint density at radius 3 is 2.18 bits per heavy atom. The van der Waals surface area contributed by atoms with Gasteiger partial charge in [0.15, 0.2) is 0 Å². The molecule has 1 aromatic carbocycles. The molecule has 0 aromatic heterocycles. The third-order valence-corrected chi connectivity index (χ3v) is 4.33. The topological polar surface area (TPSA) is 37.4 Å². The Hall–Kier alpha value is -0.940. The first-order chi connectivity index (χ1) is 7.87. The van der Waals surface area contributed by atoms with Gasteiger partial charge in [-0.3, -0.25) is 0 Å². The van der Waals surface area contributed by atoms with E-state index in [4.69, 9.17) is 0 Å². The van der Waals surface area contributed by atoms with Gasteiger partial charge in [0.05, 0.1) is 4.90 Å². The van der Waals surface area contributed by atoms with E-state index in [-0.39, 0.29) is 10.8 Å². The maximum absolute atomic E-state index is 12.8. The smallest absolute Gasteiger partial charge is 0.207 e. The van der Waals surface area contributed by atoms with Crippen LogP contribution in [-0.4, -0.2) is 25.8 Å². The van der Waals surface area contributed by atoms with Gasteiger partial charge in [-0.15, -0.1) is 0 Å². The molecule has 0 N–H and O–H groups in total. The van der Waals surface area contributed by atoms with Crippen molar-refractivity contribution in [1.29, 1.82) is 0 Å². The van der Waals surface area contributed by atoms with E-state index in [0.717, 1.165) is 12.1 Å². The van der Waals surface area contributed by atoms with Crippen molar-refractivity contribution in [3.63, 3.8) is 0 Å². The van der Waals surface area contributed by atoms with Gasteiger partial charge in [-0.05, 0) is 30.2 Å². The van der Waals surface area contributed by atoms with Crippen molar-refractivity contribution >= 4 is 10.0 Å². The van der Waals surface area contributed by atoms with Crippen LogP contribution < -0.4 is 0 Å². The first kappa shape index (κ1) is 14.1. The average Bonchev–Trinajstić information content (AvgIpc) is 2.26. The molecule has 1 rings (SSSR count). The fourth-order valence-corrected chi connectivity index (χ4v) is 3.17. The SMILES string of the molecule is CCN(CC(C)C)S(=O)(=O)c1ccc(F)cc1. The monoisotopic (exact) mass is 259 g/mol. The Kier molecular flexibility index (Phi) is 4.65. The van der Waals surface area contributed by atoms with Crippen LogP contribution in [0.4, 0.5) is 4.39 Å². The van der Waals surface area contributed by atoms with E-state index in [0.29, 0.717) is 13.1 Å². The van der Waals surface area contributed by atoms with E-state index in [1.165, 1.54) is 16.4 Å². The van der Waals surface area contributed by atoms with Crippen LogP contribution in [0.25, 0.3) is 0 Å². The molecule has 96 valence electrons. The molecule has 0 unspecified atom stereocenters. The first-order valence-corrected chi connectivity index (χ1v) is 7.07. The zero-order chi connectivity index (χ0) is 13.1. The quantitative estimate of drug-likeness (QED) is 0.814. The minimum Gasteiger partial charge on any atom is -0.207 e. The Balaban J connectivity index is 3.04. The Morgan fingerprint density at radius 1 is 1.24 bits per heavy atom. The second kappa shape index (κ2) is 5.60. The molecule has 0 aliphatic rings. The van der Waals surface area contributed by atoms with Crippen LogP contribution in [0.15, 0.2) is 29.2 Å². The molecule has 0 amide bonds. The summed E-state index contributed by atoms with van der Waals surface area (Å²) in [6, 6.07) is 4.92.